The van der Waals surface area contributed by atoms with Crippen molar-refractivity contribution in [3.8, 4) is 0 Å². The monoisotopic (exact) mass is 290 g/mol. The lowest BCUT2D eigenvalue weighted by molar-refractivity contribution is 0.427. The van der Waals surface area contributed by atoms with Crippen molar-refractivity contribution >= 4 is 10.0 Å². The van der Waals surface area contributed by atoms with Crippen LogP contribution in [0.15, 0.2) is 17.0 Å². The molecular formula is C12H16F2N2O2S. The number of halogens is 2. The molecule has 0 amide bonds. The first-order valence-corrected chi connectivity index (χ1v) is 7.57. The lowest BCUT2D eigenvalue weighted by Crippen LogP contribution is -2.45. The second kappa shape index (κ2) is 5.52. The summed E-state index contributed by atoms with van der Waals surface area (Å²) in [4.78, 5) is -0.503. The van der Waals surface area contributed by atoms with E-state index in [0.29, 0.717) is 19.0 Å². The van der Waals surface area contributed by atoms with Crippen molar-refractivity contribution in [2.75, 3.05) is 13.1 Å². The second-order valence-electron chi connectivity index (χ2n) is 4.70. The number of nitrogens with one attached hydrogen (secondary N) is 2. The zero-order chi connectivity index (χ0) is 14.0. The van der Waals surface area contributed by atoms with Gasteiger partial charge in [-0.15, -0.1) is 0 Å². The van der Waals surface area contributed by atoms with Crippen LogP contribution in [-0.4, -0.2) is 27.5 Å². The van der Waals surface area contributed by atoms with Crippen LogP contribution in [0.4, 0.5) is 8.78 Å². The zero-order valence-corrected chi connectivity index (χ0v) is 11.4. The predicted octanol–water partition coefficient (Wildman–Crippen LogP) is 1.30. The normalized spacial score (nSPS) is 20.5. The molecule has 0 aliphatic carbocycles. The van der Waals surface area contributed by atoms with Crippen LogP contribution in [0.5, 0.6) is 0 Å². The van der Waals surface area contributed by atoms with E-state index < -0.39 is 26.6 Å². The molecule has 2 rings (SSSR count). The highest BCUT2D eigenvalue weighted by Crippen LogP contribution is 2.19. The van der Waals surface area contributed by atoms with E-state index in [0.717, 1.165) is 19.0 Å². The van der Waals surface area contributed by atoms with E-state index in [2.05, 4.69) is 10.0 Å². The van der Waals surface area contributed by atoms with Gasteiger partial charge >= 0.3 is 0 Å². The molecule has 0 radical (unpaired) electrons. The van der Waals surface area contributed by atoms with Crippen LogP contribution < -0.4 is 10.0 Å². The molecule has 19 heavy (non-hydrogen) atoms. The number of sulfonamides is 1. The molecule has 1 fully saturated rings. The number of rotatable bonds is 3. The minimum Gasteiger partial charge on any atom is -0.315 e. The Hall–Kier alpha value is -1.05. The molecule has 1 aliphatic heterocycles. The number of aryl methyl sites for hydroxylation is 1. The van der Waals surface area contributed by atoms with E-state index in [1.54, 1.807) is 0 Å². The SMILES string of the molecule is Cc1cc(S(=O)(=O)NC2CCCNC2)c(F)cc1F. The van der Waals surface area contributed by atoms with Crippen LogP contribution in [-0.2, 0) is 10.0 Å². The number of hydrogen-bond donors (Lipinski definition) is 2. The van der Waals surface area contributed by atoms with Crippen molar-refractivity contribution in [1.29, 1.82) is 0 Å². The maximum absolute atomic E-state index is 13.6. The molecule has 0 spiro atoms. The molecular weight excluding hydrogens is 274 g/mol. The quantitative estimate of drug-likeness (QED) is 0.882. The zero-order valence-electron chi connectivity index (χ0n) is 10.5. The molecule has 106 valence electrons. The van der Waals surface area contributed by atoms with Crippen molar-refractivity contribution in [2.45, 2.75) is 30.7 Å². The van der Waals surface area contributed by atoms with E-state index in [1.165, 1.54) is 6.92 Å². The van der Waals surface area contributed by atoms with Gasteiger partial charge in [0.1, 0.15) is 16.5 Å². The number of hydrogen-bond acceptors (Lipinski definition) is 3. The highest BCUT2D eigenvalue weighted by Gasteiger charge is 2.25. The lowest BCUT2D eigenvalue weighted by atomic mass is 10.1. The molecule has 1 aliphatic rings. The van der Waals surface area contributed by atoms with Crippen molar-refractivity contribution < 1.29 is 17.2 Å². The topological polar surface area (TPSA) is 58.2 Å². The van der Waals surface area contributed by atoms with Gasteiger partial charge in [0.15, 0.2) is 0 Å². The fraction of sp³-hybridized carbons (Fsp3) is 0.500. The molecule has 4 nitrogen and oxygen atoms in total. The standard InChI is InChI=1S/C12H16F2N2O2S/c1-8-5-12(11(14)6-10(8)13)19(17,18)16-9-3-2-4-15-7-9/h5-6,9,15-16H,2-4,7H2,1H3. The van der Waals surface area contributed by atoms with Gasteiger partial charge in [-0.1, -0.05) is 0 Å². The van der Waals surface area contributed by atoms with Gasteiger partial charge in [-0.05, 0) is 37.9 Å². The van der Waals surface area contributed by atoms with Crippen LogP contribution in [0.25, 0.3) is 0 Å². The second-order valence-corrected chi connectivity index (χ2v) is 6.38. The summed E-state index contributed by atoms with van der Waals surface area (Å²) in [6, 6.07) is 1.36. The summed E-state index contributed by atoms with van der Waals surface area (Å²) in [7, 11) is -3.96. The van der Waals surface area contributed by atoms with E-state index in [4.69, 9.17) is 0 Å². The minimum atomic E-state index is -3.96. The van der Waals surface area contributed by atoms with Crippen molar-refractivity contribution in [3.63, 3.8) is 0 Å². The number of piperidine rings is 1. The van der Waals surface area contributed by atoms with Crippen LogP contribution >= 0.6 is 0 Å². The van der Waals surface area contributed by atoms with Gasteiger partial charge in [-0.25, -0.2) is 21.9 Å². The molecule has 1 heterocycles. The molecule has 0 aromatic heterocycles. The van der Waals surface area contributed by atoms with Crippen molar-refractivity contribution in [1.82, 2.24) is 10.0 Å². The molecule has 0 bridgehead atoms. The van der Waals surface area contributed by atoms with Gasteiger partial charge in [0.2, 0.25) is 10.0 Å². The molecule has 7 heteroatoms. The third-order valence-corrected chi connectivity index (χ3v) is 4.66. The Morgan fingerprint density at radius 3 is 2.68 bits per heavy atom. The Balaban J connectivity index is 2.26. The average Bonchev–Trinajstić information content (AvgIpc) is 2.34. The van der Waals surface area contributed by atoms with Gasteiger partial charge < -0.3 is 5.32 Å². The van der Waals surface area contributed by atoms with Crippen LogP contribution in [0.3, 0.4) is 0 Å². The lowest BCUT2D eigenvalue weighted by Gasteiger charge is -2.23. The van der Waals surface area contributed by atoms with Gasteiger partial charge in [0.25, 0.3) is 0 Å². The summed E-state index contributed by atoms with van der Waals surface area (Å²) in [6.07, 6.45) is 1.56. The molecule has 2 N–H and O–H groups in total. The first-order valence-electron chi connectivity index (χ1n) is 6.09. The molecule has 0 saturated carbocycles. The Kier molecular flexibility index (Phi) is 4.17. The van der Waals surface area contributed by atoms with E-state index in [1.807, 2.05) is 0 Å². The smallest absolute Gasteiger partial charge is 0.243 e. The maximum atomic E-state index is 13.6. The summed E-state index contributed by atoms with van der Waals surface area (Å²) in [5, 5.41) is 3.06. The third kappa shape index (κ3) is 3.29. The van der Waals surface area contributed by atoms with Crippen molar-refractivity contribution in [2.24, 2.45) is 0 Å². The highest BCUT2D eigenvalue weighted by molar-refractivity contribution is 7.89. The molecule has 1 saturated heterocycles. The average molecular weight is 290 g/mol. The predicted molar refractivity (Wildman–Crippen MR) is 67.3 cm³/mol. The minimum absolute atomic E-state index is 0.101. The van der Waals surface area contributed by atoms with Gasteiger partial charge in [0.05, 0.1) is 0 Å². The Bertz CT molecular complexity index is 569. The van der Waals surface area contributed by atoms with Gasteiger partial charge in [0, 0.05) is 18.7 Å². The first kappa shape index (κ1) is 14.4. The fourth-order valence-corrected chi connectivity index (χ4v) is 3.49. The summed E-state index contributed by atoms with van der Waals surface area (Å²) >= 11 is 0. The molecule has 1 atom stereocenters. The third-order valence-electron chi connectivity index (χ3n) is 3.12. The van der Waals surface area contributed by atoms with E-state index >= 15 is 0 Å². The van der Waals surface area contributed by atoms with E-state index in [-0.39, 0.29) is 11.6 Å². The fourth-order valence-electron chi connectivity index (χ4n) is 2.07. The first-order chi connectivity index (χ1) is 8.90. The molecule has 1 unspecified atom stereocenters. The highest BCUT2D eigenvalue weighted by atomic mass is 32.2. The van der Waals surface area contributed by atoms with Crippen LogP contribution in [0.1, 0.15) is 18.4 Å². The van der Waals surface area contributed by atoms with E-state index in [9.17, 15) is 17.2 Å². The number of benzene rings is 1. The van der Waals surface area contributed by atoms with Crippen LogP contribution in [0.2, 0.25) is 0 Å². The van der Waals surface area contributed by atoms with Crippen molar-refractivity contribution in [3.05, 3.63) is 29.3 Å². The molecule has 1 aromatic rings. The molecule has 1 aromatic carbocycles. The van der Waals surface area contributed by atoms with Gasteiger partial charge in [-0.3, -0.25) is 0 Å². The summed E-state index contributed by atoms with van der Waals surface area (Å²) < 4.78 is 53.4. The summed E-state index contributed by atoms with van der Waals surface area (Å²) in [5.74, 6) is -1.82. The largest absolute Gasteiger partial charge is 0.315 e. The Morgan fingerprint density at radius 2 is 2.05 bits per heavy atom. The van der Waals surface area contributed by atoms with Crippen LogP contribution in [0, 0.1) is 18.6 Å². The Morgan fingerprint density at radius 1 is 1.32 bits per heavy atom. The van der Waals surface area contributed by atoms with Gasteiger partial charge in [-0.2, -0.15) is 0 Å². The summed E-state index contributed by atoms with van der Waals surface area (Å²) in [5.41, 5.74) is 0.101. The summed E-state index contributed by atoms with van der Waals surface area (Å²) in [6.45, 7) is 2.76. The maximum Gasteiger partial charge on any atom is 0.243 e. The Labute approximate surface area is 111 Å².